The van der Waals surface area contributed by atoms with Crippen LogP contribution in [0.4, 0.5) is 17.1 Å². The van der Waals surface area contributed by atoms with E-state index in [1.807, 2.05) is 47.8 Å². The summed E-state index contributed by atoms with van der Waals surface area (Å²) >= 11 is 5.61. The number of hydrogen-bond acceptors (Lipinski definition) is 7. The molecular weight excluding hydrogens is 915 g/mol. The molecule has 3 aliphatic carbocycles. The number of para-hydroxylation sites is 3. The Morgan fingerprint density at radius 2 is 0.771 bits per heavy atom. The van der Waals surface area contributed by atoms with Gasteiger partial charge in [0.15, 0.2) is 23.0 Å². The predicted molar refractivity (Wildman–Crippen MR) is 286 cm³/mol. The minimum atomic E-state index is -0.312. The Bertz CT molecular complexity index is 3450. The molecule has 0 spiro atoms. The number of hydrogen-bond donors (Lipinski definition) is 0. The normalized spacial score (nSPS) is 16.4. The third kappa shape index (κ3) is 5.54. The molecule has 0 unspecified atom stereocenters. The van der Waals surface area contributed by atoms with Crippen molar-refractivity contribution in [3.8, 4) is 67.9 Å². The van der Waals surface area contributed by atoms with E-state index in [-0.39, 0.29) is 16.2 Å². The van der Waals surface area contributed by atoms with Crippen LogP contribution in [-0.4, -0.2) is 0 Å². The summed E-state index contributed by atoms with van der Waals surface area (Å²) in [4.78, 5) is 10.1. The fraction of sp³-hybridized carbons (Fsp3) is 0.143. The third-order valence-corrected chi connectivity index (χ3v) is 19.5. The lowest BCUT2D eigenvalue weighted by Crippen LogP contribution is -2.19. The first kappa shape index (κ1) is 41.1. The Morgan fingerprint density at radius 1 is 0.329 bits per heavy atom. The first-order valence-electron chi connectivity index (χ1n) is 24.0. The van der Waals surface area contributed by atoms with E-state index in [9.17, 15) is 0 Å². The average Bonchev–Trinajstić information content (AvgIpc) is 3.86. The van der Waals surface area contributed by atoms with Crippen molar-refractivity contribution in [2.75, 3.05) is 4.90 Å². The number of nitrogens with zero attached hydrogens (tertiary/aromatic N) is 1. The van der Waals surface area contributed by atoms with Gasteiger partial charge in [0.1, 0.15) is 11.5 Å². The van der Waals surface area contributed by atoms with E-state index < -0.39 is 0 Å². The molecule has 3 aliphatic heterocycles. The Balaban J connectivity index is 0.903. The molecule has 0 bridgehead atoms. The summed E-state index contributed by atoms with van der Waals surface area (Å²) in [5, 5.41) is 0. The highest BCUT2D eigenvalue weighted by molar-refractivity contribution is 8.05. The summed E-state index contributed by atoms with van der Waals surface area (Å²) in [7, 11) is 0. The number of rotatable bonds is 3. The Hall–Kier alpha value is -6.77. The van der Waals surface area contributed by atoms with E-state index in [1.54, 1.807) is 11.8 Å². The van der Waals surface area contributed by atoms with Crippen LogP contribution in [0, 0.1) is 0 Å². The van der Waals surface area contributed by atoms with Crippen molar-refractivity contribution in [2.24, 2.45) is 0 Å². The van der Waals surface area contributed by atoms with Gasteiger partial charge in [-0.1, -0.05) is 150 Å². The minimum absolute atomic E-state index is 0.220. The molecule has 9 aromatic rings. The zero-order chi connectivity index (χ0) is 47.0. The standard InChI is InChI=1S/C63H45NO3S3/c1-61(2)40-25-28-49-58(66-47-14-8-7-13-46(47)65-49)55(40)37-22-19-34(31-43(37)61)64(35-20-23-38-44(32-35)62(3,4)41-26-29-53-59(56(38)41)67-48-15-9-10-16-50(48)68-53)36-21-24-39-45(33-36)63(5,6)42-27-30-54-60(57(39)42)70-52-18-12-11-17-51(52)69-54/h7-33H,1-6H3. The van der Waals surface area contributed by atoms with Crippen LogP contribution < -0.4 is 19.1 Å². The molecule has 3 heterocycles. The van der Waals surface area contributed by atoms with Gasteiger partial charge < -0.3 is 19.1 Å². The van der Waals surface area contributed by atoms with Crippen LogP contribution in [0.2, 0.25) is 0 Å². The summed E-state index contributed by atoms with van der Waals surface area (Å²) in [6.45, 7) is 14.2. The van der Waals surface area contributed by atoms with Crippen LogP contribution in [-0.2, 0) is 16.2 Å². The van der Waals surface area contributed by atoms with Gasteiger partial charge in [-0.05, 0) is 141 Å². The van der Waals surface area contributed by atoms with Crippen LogP contribution in [0.25, 0.3) is 33.4 Å². The lowest BCUT2D eigenvalue weighted by Gasteiger charge is -2.31. The van der Waals surface area contributed by atoms with Gasteiger partial charge in [0.05, 0.1) is 9.79 Å². The fourth-order valence-electron chi connectivity index (χ4n) is 12.2. The van der Waals surface area contributed by atoms with Gasteiger partial charge in [-0.15, -0.1) is 0 Å². The molecule has 0 atom stereocenters. The van der Waals surface area contributed by atoms with E-state index in [0.717, 1.165) is 66.9 Å². The maximum Gasteiger partial charge on any atom is 0.178 e. The number of anilines is 3. The molecular formula is C63H45NO3S3. The lowest BCUT2D eigenvalue weighted by molar-refractivity contribution is 0.360. The molecule has 0 saturated heterocycles. The summed E-state index contributed by atoms with van der Waals surface area (Å²) < 4.78 is 20.0. The van der Waals surface area contributed by atoms with Crippen LogP contribution in [0.15, 0.2) is 193 Å². The third-order valence-electron chi connectivity index (χ3n) is 15.8. The van der Waals surface area contributed by atoms with Gasteiger partial charge >= 0.3 is 0 Å². The molecule has 7 heteroatoms. The van der Waals surface area contributed by atoms with Crippen molar-refractivity contribution in [1.29, 1.82) is 0 Å². The van der Waals surface area contributed by atoms with Gasteiger partial charge in [0.2, 0.25) is 0 Å². The summed E-state index contributed by atoms with van der Waals surface area (Å²) in [5.41, 5.74) is 17.7. The predicted octanol–water partition coefficient (Wildman–Crippen LogP) is 18.8. The topological polar surface area (TPSA) is 30.9 Å². The molecule has 9 aromatic carbocycles. The fourth-order valence-corrected chi connectivity index (χ4v) is 15.6. The largest absolute Gasteiger partial charge is 0.454 e. The van der Waals surface area contributed by atoms with Gasteiger partial charge in [-0.25, -0.2) is 0 Å². The summed E-state index contributed by atoms with van der Waals surface area (Å²) in [6.07, 6.45) is 0. The molecule has 6 aliphatic rings. The molecule has 0 N–H and O–H groups in total. The van der Waals surface area contributed by atoms with Gasteiger partial charge in [-0.3, -0.25) is 0 Å². The molecule has 0 amide bonds. The summed E-state index contributed by atoms with van der Waals surface area (Å²) in [6, 6.07) is 60.2. The molecule has 0 saturated carbocycles. The van der Waals surface area contributed by atoms with E-state index in [1.165, 1.54) is 80.8 Å². The number of ether oxygens (including phenoxy) is 3. The highest BCUT2D eigenvalue weighted by Crippen LogP contribution is 2.63. The van der Waals surface area contributed by atoms with Crippen molar-refractivity contribution < 1.29 is 14.2 Å². The van der Waals surface area contributed by atoms with Crippen LogP contribution in [0.3, 0.4) is 0 Å². The van der Waals surface area contributed by atoms with Gasteiger partial charge in [0.25, 0.3) is 0 Å². The zero-order valence-corrected chi connectivity index (χ0v) is 41.9. The average molecular weight is 960 g/mol. The SMILES string of the molecule is CC1(C)c2cc(N(c3ccc4c(c3)C(C)(C)c3ccc5c(c3-4)Oc3ccccc3S5)c3ccc4c(c3)C(C)(C)c3ccc5c(c3-4)Sc3ccccc3S5)ccc2-c2c1ccc1c2Oc2ccccc2O1. The second-order valence-electron chi connectivity index (χ2n) is 20.8. The molecule has 15 rings (SSSR count). The van der Waals surface area contributed by atoms with Crippen molar-refractivity contribution in [3.63, 3.8) is 0 Å². The number of fused-ring (bicyclic) bond motifs is 18. The van der Waals surface area contributed by atoms with E-state index in [2.05, 4.69) is 186 Å². The number of benzene rings is 9. The smallest absolute Gasteiger partial charge is 0.178 e. The second kappa shape index (κ2) is 14.2. The van der Waals surface area contributed by atoms with Crippen molar-refractivity contribution in [2.45, 2.75) is 87.2 Å². The lowest BCUT2D eigenvalue weighted by atomic mass is 9.81. The van der Waals surface area contributed by atoms with Gasteiger partial charge in [-0.2, -0.15) is 0 Å². The Morgan fingerprint density at radius 3 is 1.39 bits per heavy atom. The van der Waals surface area contributed by atoms with Gasteiger partial charge in [0, 0.05) is 69.6 Å². The van der Waals surface area contributed by atoms with E-state index in [0.29, 0.717) is 0 Å². The molecule has 0 fully saturated rings. The second-order valence-corrected chi connectivity index (χ2v) is 24.0. The molecule has 338 valence electrons. The maximum absolute atomic E-state index is 6.82. The van der Waals surface area contributed by atoms with E-state index in [4.69, 9.17) is 14.2 Å². The molecule has 70 heavy (non-hydrogen) atoms. The minimum Gasteiger partial charge on any atom is -0.454 e. The van der Waals surface area contributed by atoms with E-state index >= 15 is 0 Å². The highest BCUT2D eigenvalue weighted by Gasteiger charge is 2.44. The first-order chi connectivity index (χ1) is 33.9. The monoisotopic (exact) mass is 959 g/mol. The summed E-state index contributed by atoms with van der Waals surface area (Å²) in [5.74, 6) is 4.87. The molecule has 0 aromatic heterocycles. The van der Waals surface area contributed by atoms with Crippen LogP contribution >= 0.6 is 35.3 Å². The van der Waals surface area contributed by atoms with Crippen LogP contribution in [0.1, 0.15) is 74.9 Å². The highest BCUT2D eigenvalue weighted by atomic mass is 32.2. The maximum atomic E-state index is 6.82. The molecule has 0 radical (unpaired) electrons. The van der Waals surface area contributed by atoms with Crippen molar-refractivity contribution >= 4 is 52.3 Å². The Labute approximate surface area is 421 Å². The van der Waals surface area contributed by atoms with Crippen LogP contribution in [0.5, 0.6) is 34.5 Å². The Kier molecular flexibility index (Phi) is 8.32. The van der Waals surface area contributed by atoms with Crippen molar-refractivity contribution in [1.82, 2.24) is 0 Å². The first-order valence-corrected chi connectivity index (χ1v) is 26.5. The quantitative estimate of drug-likeness (QED) is 0.174. The van der Waals surface area contributed by atoms with Crippen molar-refractivity contribution in [3.05, 3.63) is 197 Å². The molecule has 4 nitrogen and oxygen atoms in total. The zero-order valence-electron chi connectivity index (χ0n) is 39.5.